The molecule has 5 aromatic rings. The van der Waals surface area contributed by atoms with Gasteiger partial charge in [-0.15, -0.1) is 0 Å². The SMILES string of the molecule is c1ccc(-c2cc(CP(c3cccnc3)c3cccnc3)c(CP(C34CC5CC(CC(C5)C3)C4)C34CC5CC(CC(C5)C3)C4)cc2-c2ccccc2)cc1. The van der Waals surface area contributed by atoms with E-state index in [1.807, 2.05) is 12.4 Å². The fraction of sp³-hybridized carbons (Fsp3) is 0.440. The molecule has 0 saturated heterocycles. The van der Waals surface area contributed by atoms with Crippen molar-refractivity contribution in [2.45, 2.75) is 99.7 Å². The normalized spacial score (nSPS) is 32.3. The number of benzene rings is 3. The summed E-state index contributed by atoms with van der Waals surface area (Å²) in [6.45, 7) is 0. The fourth-order valence-corrected chi connectivity index (χ4v) is 21.5. The molecule has 8 bridgehead atoms. The van der Waals surface area contributed by atoms with E-state index in [2.05, 4.69) is 119 Å². The summed E-state index contributed by atoms with van der Waals surface area (Å²) in [5, 5.41) is 3.89. The van der Waals surface area contributed by atoms with Gasteiger partial charge >= 0.3 is 0 Å². The van der Waals surface area contributed by atoms with Gasteiger partial charge in [0.15, 0.2) is 0 Å². The van der Waals surface area contributed by atoms with Crippen LogP contribution in [-0.2, 0) is 12.3 Å². The molecule has 0 atom stereocenters. The first-order valence-electron chi connectivity index (χ1n) is 21.2. The molecule has 0 N–H and O–H groups in total. The van der Waals surface area contributed by atoms with Crippen molar-refractivity contribution in [1.29, 1.82) is 0 Å². The topological polar surface area (TPSA) is 25.8 Å². The summed E-state index contributed by atoms with van der Waals surface area (Å²) < 4.78 is 0. The lowest BCUT2D eigenvalue weighted by Crippen LogP contribution is -2.56. The molecule has 0 radical (unpaired) electrons. The lowest BCUT2D eigenvalue weighted by Gasteiger charge is -2.67. The van der Waals surface area contributed by atoms with Crippen LogP contribution in [0.3, 0.4) is 0 Å². The van der Waals surface area contributed by atoms with Gasteiger partial charge < -0.3 is 0 Å². The molecule has 8 aliphatic rings. The first-order chi connectivity index (χ1) is 26.6. The summed E-state index contributed by atoms with van der Waals surface area (Å²) in [6, 6.07) is 36.9. The molecule has 274 valence electrons. The Hall–Kier alpha value is -3.18. The van der Waals surface area contributed by atoms with Gasteiger partial charge in [0.1, 0.15) is 0 Å². The second-order valence-corrected chi connectivity index (χ2v) is 24.1. The van der Waals surface area contributed by atoms with Crippen LogP contribution < -0.4 is 10.6 Å². The monoisotopic (exact) mass is 744 g/mol. The zero-order valence-corrected chi connectivity index (χ0v) is 33.5. The first-order valence-corrected chi connectivity index (χ1v) is 24.3. The van der Waals surface area contributed by atoms with Crippen LogP contribution in [0, 0.1) is 35.5 Å². The van der Waals surface area contributed by atoms with E-state index in [1.54, 1.807) is 49.7 Å². The minimum Gasteiger partial charge on any atom is -0.264 e. The van der Waals surface area contributed by atoms with Crippen molar-refractivity contribution in [2.75, 3.05) is 0 Å². The van der Waals surface area contributed by atoms with Gasteiger partial charge in [0.2, 0.25) is 0 Å². The van der Waals surface area contributed by atoms with Crippen LogP contribution in [0.15, 0.2) is 122 Å². The molecule has 4 heteroatoms. The molecule has 0 unspecified atom stereocenters. The van der Waals surface area contributed by atoms with E-state index in [0.717, 1.165) is 41.7 Å². The van der Waals surface area contributed by atoms with Crippen molar-refractivity contribution in [3.8, 4) is 22.3 Å². The van der Waals surface area contributed by atoms with E-state index in [9.17, 15) is 0 Å². The maximum absolute atomic E-state index is 4.67. The van der Waals surface area contributed by atoms with Crippen LogP contribution in [-0.4, -0.2) is 20.3 Å². The predicted octanol–water partition coefficient (Wildman–Crippen LogP) is 12.4. The molecule has 8 fully saturated rings. The Bertz CT molecular complexity index is 1940. The largest absolute Gasteiger partial charge is 0.264 e. The maximum atomic E-state index is 4.67. The summed E-state index contributed by atoms with van der Waals surface area (Å²) in [4.78, 5) is 9.35. The lowest BCUT2D eigenvalue weighted by atomic mass is 9.55. The van der Waals surface area contributed by atoms with Gasteiger partial charge in [-0.2, -0.15) is 0 Å². The minimum absolute atomic E-state index is 0.198. The molecule has 8 saturated carbocycles. The van der Waals surface area contributed by atoms with Crippen LogP contribution in [0.2, 0.25) is 0 Å². The van der Waals surface area contributed by atoms with E-state index in [0.29, 0.717) is 10.3 Å². The summed E-state index contributed by atoms with van der Waals surface area (Å²) in [6.07, 6.45) is 29.0. The average molecular weight is 745 g/mol. The second kappa shape index (κ2) is 13.8. The molecular weight excluding hydrogens is 691 g/mol. The molecular formula is C50H54N2P2. The van der Waals surface area contributed by atoms with E-state index in [4.69, 9.17) is 0 Å². The number of hydrogen-bond donors (Lipinski definition) is 0. The maximum Gasteiger partial charge on any atom is 0.0348 e. The fourth-order valence-electron chi connectivity index (χ4n) is 14.0. The predicted molar refractivity (Wildman–Crippen MR) is 228 cm³/mol. The Morgan fingerprint density at radius 1 is 0.463 bits per heavy atom. The Labute approximate surface area is 325 Å². The zero-order valence-electron chi connectivity index (χ0n) is 31.7. The summed E-state index contributed by atoms with van der Waals surface area (Å²) >= 11 is 0. The molecule has 2 nitrogen and oxygen atoms in total. The lowest BCUT2D eigenvalue weighted by molar-refractivity contribution is 0.0184. The molecule has 0 amide bonds. The van der Waals surface area contributed by atoms with Crippen molar-refractivity contribution in [3.63, 3.8) is 0 Å². The van der Waals surface area contributed by atoms with E-state index >= 15 is 0 Å². The molecule has 13 rings (SSSR count). The number of pyridine rings is 2. The molecule has 2 aromatic heterocycles. The molecule has 0 aliphatic heterocycles. The first kappa shape index (κ1) is 34.1. The third-order valence-electron chi connectivity index (χ3n) is 15.2. The van der Waals surface area contributed by atoms with Crippen molar-refractivity contribution in [1.82, 2.24) is 9.97 Å². The Morgan fingerprint density at radius 3 is 1.22 bits per heavy atom. The average Bonchev–Trinajstić information content (AvgIpc) is 3.19. The Kier molecular flexibility index (Phi) is 8.70. The zero-order chi connectivity index (χ0) is 35.7. The highest BCUT2D eigenvalue weighted by Crippen LogP contribution is 2.80. The van der Waals surface area contributed by atoms with Gasteiger partial charge in [0.25, 0.3) is 0 Å². The standard InChI is InChI=1S/C50H54N2P2/c1-3-9-41(10-4-1)47-23-43(33-53(45-13-7-15-51-31-45)46-14-8-16-52-32-46)44(24-48(47)42-11-5-2-6-12-42)34-54(49-25-35-17-36(26-49)19-37(18-35)27-49)50-28-38-20-39(29-50)22-40(21-38)30-50/h1-16,23-24,31-32,35-40H,17-22,25-30,33-34H2. The van der Waals surface area contributed by atoms with E-state index in [1.165, 1.54) is 77.5 Å². The number of rotatable bonds is 10. The second-order valence-electron chi connectivity index (χ2n) is 18.8. The van der Waals surface area contributed by atoms with E-state index in [-0.39, 0.29) is 7.92 Å². The van der Waals surface area contributed by atoms with Gasteiger partial charge in [0.05, 0.1) is 0 Å². The Balaban J connectivity index is 1.10. The summed E-state index contributed by atoms with van der Waals surface area (Å²) in [5.74, 6) is 5.99. The van der Waals surface area contributed by atoms with Crippen LogP contribution >= 0.6 is 15.8 Å². The molecule has 2 heterocycles. The van der Waals surface area contributed by atoms with Gasteiger partial charge in [-0.3, -0.25) is 9.97 Å². The third kappa shape index (κ3) is 6.14. The Morgan fingerprint density at radius 2 is 0.852 bits per heavy atom. The van der Waals surface area contributed by atoms with Crippen molar-refractivity contribution >= 4 is 26.5 Å². The minimum atomic E-state index is -0.685. The van der Waals surface area contributed by atoms with Crippen LogP contribution in [0.1, 0.15) is 88.2 Å². The molecule has 3 aromatic carbocycles. The van der Waals surface area contributed by atoms with Crippen molar-refractivity contribution < 1.29 is 0 Å². The van der Waals surface area contributed by atoms with Gasteiger partial charge in [0, 0.05) is 30.9 Å². The number of aromatic nitrogens is 2. The summed E-state index contributed by atoms with van der Waals surface area (Å²) in [5.41, 5.74) is 8.71. The van der Waals surface area contributed by atoms with Crippen molar-refractivity contribution in [2.24, 2.45) is 35.5 Å². The van der Waals surface area contributed by atoms with Gasteiger partial charge in [-0.25, -0.2) is 0 Å². The van der Waals surface area contributed by atoms with E-state index < -0.39 is 7.92 Å². The van der Waals surface area contributed by atoms with Crippen LogP contribution in [0.5, 0.6) is 0 Å². The molecule has 0 spiro atoms. The smallest absolute Gasteiger partial charge is 0.0348 e. The number of hydrogen-bond acceptors (Lipinski definition) is 2. The quantitative estimate of drug-likeness (QED) is 0.133. The number of nitrogens with zero attached hydrogens (tertiary/aromatic N) is 2. The molecule has 54 heavy (non-hydrogen) atoms. The van der Waals surface area contributed by atoms with Crippen LogP contribution in [0.25, 0.3) is 22.3 Å². The highest BCUT2D eigenvalue weighted by molar-refractivity contribution is 7.72. The molecule has 8 aliphatic carbocycles. The van der Waals surface area contributed by atoms with Gasteiger partial charge in [-0.1, -0.05) is 80.7 Å². The van der Waals surface area contributed by atoms with Gasteiger partial charge in [-0.05, 0) is 205 Å². The summed E-state index contributed by atoms with van der Waals surface area (Å²) in [7, 11) is -0.883. The third-order valence-corrected chi connectivity index (χ3v) is 21.7. The van der Waals surface area contributed by atoms with Crippen molar-refractivity contribution in [3.05, 3.63) is 133 Å². The highest BCUT2D eigenvalue weighted by atomic mass is 31.1. The van der Waals surface area contributed by atoms with Crippen LogP contribution in [0.4, 0.5) is 0 Å². The highest BCUT2D eigenvalue weighted by Gasteiger charge is 2.62.